The first-order chi connectivity index (χ1) is 9.33. The van der Waals surface area contributed by atoms with E-state index < -0.39 is 0 Å². The number of nitrogens with zero attached hydrogens (tertiary/aromatic N) is 4. The van der Waals surface area contributed by atoms with Crippen LogP contribution in [-0.4, -0.2) is 51.5 Å². The van der Waals surface area contributed by atoms with Gasteiger partial charge in [0.05, 0.1) is 25.1 Å². The van der Waals surface area contributed by atoms with Gasteiger partial charge in [0.15, 0.2) is 0 Å². The molecule has 1 aliphatic rings. The van der Waals surface area contributed by atoms with Gasteiger partial charge >= 0.3 is 0 Å². The van der Waals surface area contributed by atoms with Gasteiger partial charge in [-0.1, -0.05) is 0 Å². The van der Waals surface area contributed by atoms with Crippen LogP contribution in [0.4, 0.5) is 0 Å². The molecule has 1 fully saturated rings. The van der Waals surface area contributed by atoms with Gasteiger partial charge in [0, 0.05) is 31.7 Å². The molecule has 6 nitrogen and oxygen atoms in total. The van der Waals surface area contributed by atoms with Crippen molar-refractivity contribution in [3.8, 4) is 5.69 Å². The molecule has 0 saturated carbocycles. The first-order valence-electron chi connectivity index (χ1n) is 6.34. The monoisotopic (exact) mass is 260 g/mol. The number of aromatic nitrogens is 3. The fraction of sp³-hybridized carbons (Fsp3) is 0.385. The van der Waals surface area contributed by atoms with Crippen molar-refractivity contribution in [3.05, 3.63) is 36.9 Å². The molecule has 3 rings (SSSR count). The van der Waals surface area contributed by atoms with Crippen molar-refractivity contribution >= 4 is 5.91 Å². The summed E-state index contributed by atoms with van der Waals surface area (Å²) in [6, 6.07) is 3.91. The summed E-state index contributed by atoms with van der Waals surface area (Å²) in [6.45, 7) is 2.87. The first-order valence-corrected chi connectivity index (χ1v) is 6.34. The lowest BCUT2D eigenvalue weighted by Gasteiger charge is -2.26. The van der Waals surface area contributed by atoms with E-state index in [-0.39, 0.29) is 12.5 Å². The highest BCUT2D eigenvalue weighted by molar-refractivity contribution is 5.76. The third-order valence-corrected chi connectivity index (χ3v) is 3.18. The maximum Gasteiger partial charge on any atom is 0.244 e. The van der Waals surface area contributed by atoms with E-state index in [2.05, 4.69) is 5.10 Å². The average molecular weight is 260 g/mol. The molecular weight excluding hydrogens is 244 g/mol. The summed E-state index contributed by atoms with van der Waals surface area (Å²) in [4.78, 5) is 13.9. The second-order valence-corrected chi connectivity index (χ2v) is 4.48. The zero-order valence-electron chi connectivity index (χ0n) is 10.6. The van der Waals surface area contributed by atoms with E-state index in [0.717, 1.165) is 5.69 Å². The van der Waals surface area contributed by atoms with Gasteiger partial charge in [-0.3, -0.25) is 9.48 Å². The standard InChI is InChI=1S/C13H16N4O2/c18-13(16-5-7-19-8-6-16)11-17-10-12(9-14-17)15-3-1-2-4-15/h1-4,9-10H,5-8,11H2. The predicted molar refractivity (Wildman–Crippen MR) is 69.0 cm³/mol. The minimum Gasteiger partial charge on any atom is -0.378 e. The van der Waals surface area contributed by atoms with Crippen LogP contribution in [0.25, 0.3) is 5.69 Å². The second-order valence-electron chi connectivity index (χ2n) is 4.48. The van der Waals surface area contributed by atoms with Crippen LogP contribution in [-0.2, 0) is 16.1 Å². The van der Waals surface area contributed by atoms with Crippen LogP contribution in [0.5, 0.6) is 0 Å². The maximum atomic E-state index is 12.1. The summed E-state index contributed by atoms with van der Waals surface area (Å²) in [5.41, 5.74) is 0.958. The summed E-state index contributed by atoms with van der Waals surface area (Å²) >= 11 is 0. The molecule has 19 heavy (non-hydrogen) atoms. The normalized spacial score (nSPS) is 15.7. The molecule has 0 aromatic carbocycles. The summed E-state index contributed by atoms with van der Waals surface area (Å²) in [5.74, 6) is 0.0884. The fourth-order valence-corrected chi connectivity index (χ4v) is 2.13. The van der Waals surface area contributed by atoms with Crippen molar-refractivity contribution in [1.29, 1.82) is 0 Å². The van der Waals surface area contributed by atoms with Gasteiger partial charge in [-0.25, -0.2) is 0 Å². The van der Waals surface area contributed by atoms with Gasteiger partial charge in [0.1, 0.15) is 6.54 Å². The van der Waals surface area contributed by atoms with Crippen LogP contribution in [0.15, 0.2) is 36.9 Å². The Kier molecular flexibility index (Phi) is 3.33. The number of amides is 1. The Morgan fingerprint density at radius 2 is 2.00 bits per heavy atom. The number of ether oxygens (including phenoxy) is 1. The fourth-order valence-electron chi connectivity index (χ4n) is 2.13. The van der Waals surface area contributed by atoms with Gasteiger partial charge in [0.2, 0.25) is 5.91 Å². The Morgan fingerprint density at radius 3 is 2.74 bits per heavy atom. The predicted octanol–water partition coefficient (Wildman–Crippen LogP) is 0.533. The molecule has 0 spiro atoms. The summed E-state index contributed by atoms with van der Waals surface area (Å²) in [5, 5.41) is 4.22. The van der Waals surface area contributed by atoms with Gasteiger partial charge in [-0.15, -0.1) is 0 Å². The van der Waals surface area contributed by atoms with Gasteiger partial charge in [-0.2, -0.15) is 5.10 Å². The number of carbonyl (C=O) groups excluding carboxylic acids is 1. The van der Waals surface area contributed by atoms with Crippen LogP contribution in [0.2, 0.25) is 0 Å². The minimum absolute atomic E-state index is 0.0884. The summed E-state index contributed by atoms with van der Waals surface area (Å²) in [7, 11) is 0. The molecule has 0 bridgehead atoms. The van der Waals surface area contributed by atoms with E-state index in [4.69, 9.17) is 4.74 Å². The molecular formula is C13H16N4O2. The van der Waals surface area contributed by atoms with Gasteiger partial charge < -0.3 is 14.2 Å². The van der Waals surface area contributed by atoms with Crippen molar-refractivity contribution in [2.45, 2.75) is 6.54 Å². The lowest BCUT2D eigenvalue weighted by Crippen LogP contribution is -2.42. The molecule has 1 amide bonds. The molecule has 0 radical (unpaired) electrons. The number of morpholine rings is 1. The van der Waals surface area contributed by atoms with Gasteiger partial charge in [0.25, 0.3) is 0 Å². The molecule has 0 N–H and O–H groups in total. The van der Waals surface area contributed by atoms with Crippen molar-refractivity contribution in [2.75, 3.05) is 26.3 Å². The molecule has 1 aliphatic heterocycles. The highest BCUT2D eigenvalue weighted by atomic mass is 16.5. The first kappa shape index (κ1) is 12.0. The summed E-state index contributed by atoms with van der Waals surface area (Å²) in [6.07, 6.45) is 7.53. The maximum absolute atomic E-state index is 12.1. The van der Waals surface area contributed by atoms with E-state index >= 15 is 0 Å². The topological polar surface area (TPSA) is 52.3 Å². The molecule has 100 valence electrons. The zero-order chi connectivity index (χ0) is 13.1. The van der Waals surface area contributed by atoms with Gasteiger partial charge in [-0.05, 0) is 12.1 Å². The quantitative estimate of drug-likeness (QED) is 0.809. The Labute approximate surface area is 111 Å². The number of hydrogen-bond donors (Lipinski definition) is 0. The lowest BCUT2D eigenvalue weighted by molar-refractivity contribution is -0.136. The van der Waals surface area contributed by atoms with E-state index in [9.17, 15) is 4.79 Å². The molecule has 0 unspecified atom stereocenters. The Hall–Kier alpha value is -2.08. The average Bonchev–Trinajstić information content (AvgIpc) is 3.10. The molecule has 2 aromatic heterocycles. The highest BCUT2D eigenvalue weighted by Crippen LogP contribution is 2.07. The molecule has 2 aromatic rings. The summed E-state index contributed by atoms with van der Waals surface area (Å²) < 4.78 is 8.87. The molecule has 0 atom stereocenters. The molecule has 1 saturated heterocycles. The van der Waals surface area contributed by atoms with Crippen molar-refractivity contribution < 1.29 is 9.53 Å². The minimum atomic E-state index is 0.0884. The van der Waals surface area contributed by atoms with E-state index in [1.54, 1.807) is 10.9 Å². The lowest BCUT2D eigenvalue weighted by atomic mass is 10.4. The number of carbonyl (C=O) groups is 1. The smallest absolute Gasteiger partial charge is 0.244 e. The van der Waals surface area contributed by atoms with Crippen LogP contribution >= 0.6 is 0 Å². The van der Waals surface area contributed by atoms with Crippen LogP contribution in [0.3, 0.4) is 0 Å². The molecule has 6 heteroatoms. The highest BCUT2D eigenvalue weighted by Gasteiger charge is 2.17. The van der Waals surface area contributed by atoms with E-state index in [0.29, 0.717) is 26.3 Å². The zero-order valence-corrected chi connectivity index (χ0v) is 10.6. The molecule has 3 heterocycles. The van der Waals surface area contributed by atoms with Crippen molar-refractivity contribution in [3.63, 3.8) is 0 Å². The SMILES string of the molecule is O=C(Cn1cc(-n2cccc2)cn1)N1CCOCC1. The van der Waals surface area contributed by atoms with Crippen LogP contribution in [0, 0.1) is 0 Å². The van der Waals surface area contributed by atoms with E-state index in [1.807, 2.05) is 40.2 Å². The Morgan fingerprint density at radius 1 is 1.26 bits per heavy atom. The Balaban J connectivity index is 1.65. The number of rotatable bonds is 3. The van der Waals surface area contributed by atoms with Crippen LogP contribution in [0.1, 0.15) is 0 Å². The number of hydrogen-bond acceptors (Lipinski definition) is 3. The van der Waals surface area contributed by atoms with Crippen molar-refractivity contribution in [2.24, 2.45) is 0 Å². The Bertz CT molecular complexity index is 541. The third-order valence-electron chi connectivity index (χ3n) is 3.18. The van der Waals surface area contributed by atoms with Crippen molar-refractivity contribution in [1.82, 2.24) is 19.2 Å². The molecule has 0 aliphatic carbocycles. The van der Waals surface area contributed by atoms with Crippen LogP contribution < -0.4 is 0 Å². The second kappa shape index (κ2) is 5.27. The largest absolute Gasteiger partial charge is 0.378 e. The van der Waals surface area contributed by atoms with E-state index in [1.165, 1.54) is 0 Å². The third kappa shape index (κ3) is 2.68.